The van der Waals surface area contributed by atoms with Gasteiger partial charge in [0, 0.05) is 12.0 Å². The molecule has 0 unspecified atom stereocenters. The minimum Gasteiger partial charge on any atom is -0.414 e. The summed E-state index contributed by atoms with van der Waals surface area (Å²) >= 11 is 0. The molecule has 0 aliphatic rings. The molecule has 0 radical (unpaired) electrons. The van der Waals surface area contributed by atoms with Crippen molar-refractivity contribution >= 4 is 25.0 Å². The van der Waals surface area contributed by atoms with E-state index in [1.165, 1.54) is 0 Å². The Morgan fingerprint density at radius 3 is 1.36 bits per heavy atom. The Hall–Kier alpha value is 0.231. The van der Waals surface area contributed by atoms with E-state index in [1.54, 1.807) is 0 Å². The van der Waals surface area contributed by atoms with Gasteiger partial charge in [-0.15, -0.1) is 6.58 Å². The summed E-state index contributed by atoms with van der Waals surface area (Å²) in [5, 5.41) is 11.4. The summed E-state index contributed by atoms with van der Waals surface area (Å²) in [6, 6.07) is 0. The van der Waals surface area contributed by atoms with Crippen LogP contribution in [0.2, 0.25) is 51.4 Å². The Bertz CT molecular complexity index is 788. The van der Waals surface area contributed by atoms with Gasteiger partial charge in [0.1, 0.15) is 0 Å². The fourth-order valence-corrected chi connectivity index (χ4v) is 20.4. The van der Waals surface area contributed by atoms with Crippen molar-refractivity contribution in [3.63, 3.8) is 0 Å². The van der Waals surface area contributed by atoms with Gasteiger partial charge in [-0.05, 0) is 83.0 Å². The second kappa shape index (κ2) is 18.8. The molecule has 5 atom stereocenters. The van der Waals surface area contributed by atoms with Crippen LogP contribution in [0.4, 0.5) is 0 Å². The average molecular weight is 687 g/mol. The molecule has 7 heteroatoms. The van der Waals surface area contributed by atoms with E-state index in [2.05, 4.69) is 137 Å². The van der Waals surface area contributed by atoms with E-state index >= 15 is 0 Å². The first-order valence-corrected chi connectivity index (χ1v) is 25.9. The van der Waals surface area contributed by atoms with Crippen LogP contribution in [0.3, 0.4) is 0 Å². The van der Waals surface area contributed by atoms with Gasteiger partial charge in [-0.1, -0.05) is 124 Å². The first-order chi connectivity index (χ1) is 20.4. The number of aliphatic hydroxyl groups excluding tert-OH is 1. The van der Waals surface area contributed by atoms with E-state index in [-0.39, 0.29) is 35.2 Å². The molecule has 0 aliphatic carbocycles. The first-order valence-electron chi connectivity index (χ1n) is 18.7. The highest BCUT2D eigenvalue weighted by Gasteiger charge is 2.50. The summed E-state index contributed by atoms with van der Waals surface area (Å²) in [5.74, 6) is 0.296. The second-order valence-corrected chi connectivity index (χ2v) is 33.4. The Balaban J connectivity index is 6.92. The van der Waals surface area contributed by atoms with Gasteiger partial charge in [0.25, 0.3) is 0 Å². The summed E-state index contributed by atoms with van der Waals surface area (Å²) in [7, 11) is -6.32. The summed E-state index contributed by atoms with van der Waals surface area (Å²) in [4.78, 5) is 0. The van der Waals surface area contributed by atoms with E-state index in [0.29, 0.717) is 39.9 Å². The largest absolute Gasteiger partial charge is 0.414 e. The van der Waals surface area contributed by atoms with Crippen molar-refractivity contribution in [1.82, 2.24) is 0 Å². The quantitative estimate of drug-likeness (QED) is 0.0909. The zero-order chi connectivity index (χ0) is 35.7. The van der Waals surface area contributed by atoms with Crippen molar-refractivity contribution in [2.75, 3.05) is 6.61 Å². The van der Waals surface area contributed by atoms with E-state index in [9.17, 15) is 5.11 Å². The Labute approximate surface area is 286 Å². The second-order valence-electron chi connectivity index (χ2n) is 17.8. The van der Waals surface area contributed by atoms with Crippen molar-refractivity contribution in [3.05, 3.63) is 12.7 Å². The van der Waals surface area contributed by atoms with Crippen molar-refractivity contribution < 1.29 is 18.4 Å². The van der Waals surface area contributed by atoms with Crippen LogP contribution in [0.25, 0.3) is 0 Å². The monoisotopic (exact) mass is 687 g/mol. The van der Waals surface area contributed by atoms with E-state index < -0.39 is 25.0 Å². The smallest absolute Gasteiger partial charge is 0.200 e. The van der Waals surface area contributed by atoms with Gasteiger partial charge < -0.3 is 18.4 Å². The molecule has 0 amide bonds. The Kier molecular flexibility index (Phi) is 18.9. The van der Waals surface area contributed by atoms with E-state index in [1.807, 2.05) is 6.08 Å². The van der Waals surface area contributed by atoms with Crippen LogP contribution >= 0.6 is 0 Å². The van der Waals surface area contributed by atoms with Crippen LogP contribution in [-0.2, 0) is 13.3 Å². The molecule has 45 heavy (non-hydrogen) atoms. The molecule has 0 fully saturated rings. The summed E-state index contributed by atoms with van der Waals surface area (Å²) in [6.45, 7) is 49.3. The van der Waals surface area contributed by atoms with Crippen molar-refractivity contribution in [3.8, 4) is 0 Å². The molecule has 4 nitrogen and oxygen atoms in total. The third kappa shape index (κ3) is 11.7. The van der Waals surface area contributed by atoms with Gasteiger partial charge in [-0.25, -0.2) is 0 Å². The van der Waals surface area contributed by atoms with Crippen molar-refractivity contribution in [2.45, 2.75) is 213 Å². The lowest BCUT2D eigenvalue weighted by molar-refractivity contribution is 0.0354. The predicted octanol–water partition coefficient (Wildman–Crippen LogP) is 12.5. The van der Waals surface area contributed by atoms with Gasteiger partial charge in [-0.2, -0.15) is 0 Å². The molecule has 0 aromatic rings. The molecule has 0 spiro atoms. The van der Waals surface area contributed by atoms with Gasteiger partial charge >= 0.3 is 0 Å². The fourth-order valence-electron chi connectivity index (χ4n) is 8.17. The highest BCUT2D eigenvalue weighted by molar-refractivity contribution is 6.78. The van der Waals surface area contributed by atoms with Crippen LogP contribution in [-0.4, -0.2) is 55.0 Å². The molecule has 0 aliphatic heterocycles. The molecule has 0 bridgehead atoms. The van der Waals surface area contributed by atoms with Crippen molar-refractivity contribution in [2.24, 2.45) is 11.8 Å². The normalized spacial score (nSPS) is 17.6. The minimum absolute atomic E-state index is 0.0158. The SMILES string of the molecule is C=C[C@@H](CC)[C@H](O)[C@H](C)CC[C@H](C[C@@H](CO[Si](C)(C)C(C)(C)C)O[Si](C(C)C)(C(C)C)C(C)C)O[Si](C(C)C)(C(C)C)C(C)C. The number of hydrogen-bond acceptors (Lipinski definition) is 4. The lowest BCUT2D eigenvalue weighted by Crippen LogP contribution is -2.54. The molecule has 0 aromatic carbocycles. The number of rotatable bonds is 22. The fraction of sp³-hybridized carbons (Fsp3) is 0.947. The zero-order valence-corrected chi connectivity index (χ0v) is 36.8. The number of aliphatic hydroxyl groups is 1. The topological polar surface area (TPSA) is 47.9 Å². The minimum atomic E-state index is -2.17. The van der Waals surface area contributed by atoms with Gasteiger partial charge in [-0.3, -0.25) is 0 Å². The zero-order valence-electron chi connectivity index (χ0n) is 33.8. The summed E-state index contributed by atoms with van der Waals surface area (Å²) < 4.78 is 22.2. The maximum atomic E-state index is 11.2. The molecule has 0 heterocycles. The lowest BCUT2D eigenvalue weighted by Gasteiger charge is -2.48. The average Bonchev–Trinajstić information content (AvgIpc) is 2.89. The van der Waals surface area contributed by atoms with Crippen LogP contribution in [0.1, 0.15) is 143 Å². The molecule has 0 rings (SSSR count). The van der Waals surface area contributed by atoms with Gasteiger partial charge in [0.05, 0.1) is 18.8 Å². The summed E-state index contributed by atoms with van der Waals surface area (Å²) in [5.41, 5.74) is 3.03. The van der Waals surface area contributed by atoms with Crippen molar-refractivity contribution in [1.29, 1.82) is 0 Å². The maximum Gasteiger partial charge on any atom is 0.200 e. The Morgan fingerprint density at radius 2 is 1.04 bits per heavy atom. The molecule has 0 saturated carbocycles. The van der Waals surface area contributed by atoms with Crippen LogP contribution in [0.5, 0.6) is 0 Å². The Morgan fingerprint density at radius 1 is 0.667 bits per heavy atom. The third-order valence-electron chi connectivity index (χ3n) is 11.9. The van der Waals surface area contributed by atoms with Crippen LogP contribution in [0.15, 0.2) is 12.7 Å². The molecule has 1 N–H and O–H groups in total. The standard InChI is InChI=1S/C38H82O4Si3/c1-21-34(22-2)37(39)33(15)23-24-35(41-44(27(3)4,28(5)6)29(7)8)25-36(26-40-43(19,20)38(16,17)18)42-45(30(9)10,31(11)12)32(13)14/h21,27-37,39H,1,22-26H2,2-20H3/t33-,34+,35-,36+,37-/m1/s1. The maximum absolute atomic E-state index is 11.2. The first kappa shape index (κ1) is 45.2. The third-order valence-corrected chi connectivity index (χ3v) is 28.7. The molecular formula is C38H82O4Si3. The van der Waals surface area contributed by atoms with Crippen LogP contribution < -0.4 is 0 Å². The summed E-state index contributed by atoms with van der Waals surface area (Å²) in [6.07, 6.45) is 5.19. The van der Waals surface area contributed by atoms with Gasteiger partial charge in [0.15, 0.2) is 8.32 Å². The molecule has 0 aromatic heterocycles. The molecule has 270 valence electrons. The van der Waals surface area contributed by atoms with Crippen LogP contribution in [0, 0.1) is 11.8 Å². The van der Waals surface area contributed by atoms with E-state index in [0.717, 1.165) is 25.7 Å². The van der Waals surface area contributed by atoms with E-state index in [4.69, 9.17) is 13.3 Å². The number of hydrogen-bond donors (Lipinski definition) is 1. The molecular weight excluding hydrogens is 605 g/mol. The highest BCUT2D eigenvalue weighted by Crippen LogP contribution is 2.46. The molecule has 0 saturated heterocycles. The highest BCUT2D eigenvalue weighted by atomic mass is 28.4. The van der Waals surface area contributed by atoms with Gasteiger partial charge in [0.2, 0.25) is 16.6 Å². The lowest BCUT2D eigenvalue weighted by atomic mass is 9.86. The predicted molar refractivity (Wildman–Crippen MR) is 208 cm³/mol.